The summed E-state index contributed by atoms with van der Waals surface area (Å²) in [6.07, 6.45) is 0. The zero-order valence-corrected chi connectivity index (χ0v) is 16.6. The van der Waals surface area contributed by atoms with Gasteiger partial charge in [-0.05, 0) is 48.9 Å². The summed E-state index contributed by atoms with van der Waals surface area (Å²) in [4.78, 5) is 24.6. The van der Waals surface area contributed by atoms with Crippen molar-refractivity contribution in [3.05, 3.63) is 95.0 Å². The molecule has 0 saturated heterocycles. The number of carbonyl (C=O) groups excluding carboxylic acids is 2. The Kier molecular flexibility index (Phi) is 6.87. The molecule has 0 aliphatic carbocycles. The molecule has 3 aromatic carbocycles. The number of ether oxygens (including phenoxy) is 1. The molecule has 148 valence electrons. The van der Waals surface area contributed by atoms with Crippen LogP contribution in [0.3, 0.4) is 0 Å². The van der Waals surface area contributed by atoms with E-state index in [1.54, 1.807) is 55.5 Å². The monoisotopic (exact) mass is 408 g/mol. The van der Waals surface area contributed by atoms with Crippen LogP contribution in [0.2, 0.25) is 5.02 Å². The number of carbonyl (C=O) groups is 2. The topological polar surface area (TPSA) is 67.4 Å². The molecule has 1 atom stereocenters. The third kappa shape index (κ3) is 5.83. The maximum absolute atomic E-state index is 12.4. The van der Waals surface area contributed by atoms with Gasteiger partial charge in [0.15, 0.2) is 0 Å². The van der Waals surface area contributed by atoms with Gasteiger partial charge in [0, 0.05) is 5.69 Å². The molecule has 0 aromatic heterocycles. The molecule has 3 aromatic rings. The van der Waals surface area contributed by atoms with Gasteiger partial charge in [0.05, 0.1) is 10.6 Å². The van der Waals surface area contributed by atoms with Crippen LogP contribution in [-0.2, 0) is 11.4 Å². The summed E-state index contributed by atoms with van der Waals surface area (Å²) in [7, 11) is 0. The van der Waals surface area contributed by atoms with E-state index in [-0.39, 0.29) is 5.91 Å². The number of amides is 2. The lowest BCUT2D eigenvalue weighted by Crippen LogP contribution is -2.41. The molecule has 0 heterocycles. The summed E-state index contributed by atoms with van der Waals surface area (Å²) in [5, 5.41) is 5.76. The van der Waals surface area contributed by atoms with Crippen molar-refractivity contribution in [2.75, 3.05) is 5.32 Å². The van der Waals surface area contributed by atoms with Crippen molar-refractivity contribution in [1.29, 1.82) is 0 Å². The Bertz CT molecular complexity index is 975. The van der Waals surface area contributed by atoms with Gasteiger partial charge in [0.25, 0.3) is 5.91 Å². The van der Waals surface area contributed by atoms with Crippen LogP contribution in [0.25, 0.3) is 0 Å². The van der Waals surface area contributed by atoms with Crippen LogP contribution in [0.1, 0.15) is 22.8 Å². The van der Waals surface area contributed by atoms with Crippen LogP contribution in [0.15, 0.2) is 78.9 Å². The molecule has 0 unspecified atom stereocenters. The minimum atomic E-state index is -0.729. The first-order valence-electron chi connectivity index (χ1n) is 9.16. The molecule has 0 aliphatic rings. The van der Waals surface area contributed by atoms with Crippen LogP contribution in [0, 0.1) is 0 Å². The Labute approximate surface area is 174 Å². The van der Waals surface area contributed by atoms with Gasteiger partial charge in [0.1, 0.15) is 18.4 Å². The van der Waals surface area contributed by atoms with Crippen molar-refractivity contribution in [1.82, 2.24) is 5.32 Å². The van der Waals surface area contributed by atoms with E-state index in [2.05, 4.69) is 10.6 Å². The SMILES string of the molecule is C[C@H](NC(=O)c1ccccc1Cl)C(=O)Nc1ccc(OCc2ccccc2)cc1. The van der Waals surface area contributed by atoms with Crippen molar-refractivity contribution >= 4 is 29.1 Å². The van der Waals surface area contributed by atoms with Crippen molar-refractivity contribution < 1.29 is 14.3 Å². The molecule has 29 heavy (non-hydrogen) atoms. The van der Waals surface area contributed by atoms with Gasteiger partial charge < -0.3 is 15.4 Å². The lowest BCUT2D eigenvalue weighted by atomic mass is 10.2. The fraction of sp³-hybridized carbons (Fsp3) is 0.130. The Hall–Kier alpha value is -3.31. The second-order valence-corrected chi connectivity index (χ2v) is 6.87. The average Bonchev–Trinajstić information content (AvgIpc) is 2.74. The summed E-state index contributed by atoms with van der Waals surface area (Å²) in [5.41, 5.74) is 2.02. The van der Waals surface area contributed by atoms with Crippen molar-refractivity contribution in [3.8, 4) is 5.75 Å². The maximum Gasteiger partial charge on any atom is 0.253 e. The highest BCUT2D eigenvalue weighted by molar-refractivity contribution is 6.33. The van der Waals surface area contributed by atoms with Gasteiger partial charge in [-0.2, -0.15) is 0 Å². The molecule has 0 saturated carbocycles. The first kappa shape index (κ1) is 20.4. The quantitative estimate of drug-likeness (QED) is 0.596. The summed E-state index contributed by atoms with van der Waals surface area (Å²) in [5.74, 6) is -0.0295. The highest BCUT2D eigenvalue weighted by Crippen LogP contribution is 2.18. The Morgan fingerprint density at radius 1 is 0.931 bits per heavy atom. The molecular weight excluding hydrogens is 388 g/mol. The molecule has 2 amide bonds. The normalized spacial score (nSPS) is 11.4. The van der Waals surface area contributed by atoms with Crippen molar-refractivity contribution in [2.24, 2.45) is 0 Å². The molecule has 5 nitrogen and oxygen atoms in total. The maximum atomic E-state index is 12.4. The van der Waals surface area contributed by atoms with E-state index < -0.39 is 11.9 Å². The molecule has 0 spiro atoms. The largest absolute Gasteiger partial charge is 0.489 e. The highest BCUT2D eigenvalue weighted by atomic mass is 35.5. The number of anilines is 1. The van der Waals surface area contributed by atoms with E-state index in [0.717, 1.165) is 5.56 Å². The van der Waals surface area contributed by atoms with Gasteiger partial charge in [-0.1, -0.05) is 54.1 Å². The zero-order chi connectivity index (χ0) is 20.6. The molecular formula is C23H21ClN2O3. The lowest BCUT2D eigenvalue weighted by molar-refractivity contribution is -0.117. The van der Waals surface area contributed by atoms with Gasteiger partial charge in [0.2, 0.25) is 5.91 Å². The van der Waals surface area contributed by atoms with Gasteiger partial charge in [-0.25, -0.2) is 0 Å². The number of hydrogen-bond acceptors (Lipinski definition) is 3. The Morgan fingerprint density at radius 2 is 1.59 bits per heavy atom. The predicted molar refractivity (Wildman–Crippen MR) is 114 cm³/mol. The van der Waals surface area contributed by atoms with Gasteiger partial charge in [-0.3, -0.25) is 9.59 Å². The number of benzene rings is 3. The minimum Gasteiger partial charge on any atom is -0.489 e. The second-order valence-electron chi connectivity index (χ2n) is 6.46. The van der Waals surface area contributed by atoms with Gasteiger partial charge in [-0.15, -0.1) is 0 Å². The molecule has 2 N–H and O–H groups in total. The van der Waals surface area contributed by atoms with Gasteiger partial charge >= 0.3 is 0 Å². The Morgan fingerprint density at radius 3 is 2.28 bits per heavy atom. The van der Waals surface area contributed by atoms with Crippen LogP contribution in [0.5, 0.6) is 5.75 Å². The summed E-state index contributed by atoms with van der Waals surface area (Å²) in [6, 6.07) is 22.9. The number of hydrogen-bond donors (Lipinski definition) is 2. The molecule has 3 rings (SSSR count). The standard InChI is InChI=1S/C23H21ClN2O3/c1-16(25-23(28)20-9-5-6-10-21(20)24)22(27)26-18-11-13-19(14-12-18)29-15-17-7-3-2-4-8-17/h2-14,16H,15H2,1H3,(H,25,28)(H,26,27)/t16-/m0/s1. The van der Waals surface area contributed by atoms with E-state index in [9.17, 15) is 9.59 Å². The smallest absolute Gasteiger partial charge is 0.253 e. The minimum absolute atomic E-state index is 0.328. The fourth-order valence-electron chi connectivity index (χ4n) is 2.61. The first-order chi connectivity index (χ1) is 14.0. The third-order valence-corrected chi connectivity index (χ3v) is 4.56. The van der Waals surface area contributed by atoms with Crippen LogP contribution < -0.4 is 15.4 Å². The zero-order valence-electron chi connectivity index (χ0n) is 15.9. The van der Waals surface area contributed by atoms with Crippen LogP contribution >= 0.6 is 11.6 Å². The second kappa shape index (κ2) is 9.75. The summed E-state index contributed by atoms with van der Waals surface area (Å²) >= 11 is 6.02. The summed E-state index contributed by atoms with van der Waals surface area (Å²) in [6.45, 7) is 2.08. The molecule has 0 bridgehead atoms. The number of rotatable bonds is 7. The van der Waals surface area contributed by atoms with E-state index in [4.69, 9.17) is 16.3 Å². The average molecular weight is 409 g/mol. The van der Waals surface area contributed by atoms with Crippen LogP contribution in [0.4, 0.5) is 5.69 Å². The molecule has 0 fully saturated rings. The van der Waals surface area contributed by atoms with E-state index >= 15 is 0 Å². The highest BCUT2D eigenvalue weighted by Gasteiger charge is 2.18. The molecule has 0 aliphatic heterocycles. The van der Waals surface area contributed by atoms with E-state index in [0.29, 0.717) is 28.6 Å². The fourth-order valence-corrected chi connectivity index (χ4v) is 2.83. The first-order valence-corrected chi connectivity index (χ1v) is 9.54. The predicted octanol–water partition coefficient (Wildman–Crippen LogP) is 4.68. The van der Waals surface area contributed by atoms with Crippen molar-refractivity contribution in [3.63, 3.8) is 0 Å². The number of nitrogens with one attached hydrogen (secondary N) is 2. The molecule has 6 heteroatoms. The number of halogens is 1. The lowest BCUT2D eigenvalue weighted by Gasteiger charge is -2.15. The Balaban J connectivity index is 1.52. The summed E-state index contributed by atoms with van der Waals surface area (Å²) < 4.78 is 5.73. The molecule has 0 radical (unpaired) electrons. The van der Waals surface area contributed by atoms with Crippen LogP contribution in [-0.4, -0.2) is 17.9 Å². The van der Waals surface area contributed by atoms with E-state index in [1.165, 1.54) is 0 Å². The third-order valence-electron chi connectivity index (χ3n) is 4.23. The van der Waals surface area contributed by atoms with E-state index in [1.807, 2.05) is 30.3 Å². The van der Waals surface area contributed by atoms with Crippen molar-refractivity contribution in [2.45, 2.75) is 19.6 Å².